The number of benzene rings is 6. The topological polar surface area (TPSA) is 22.4 Å². The smallest absolute Gasteiger partial charge is 0.230 e. The summed E-state index contributed by atoms with van der Waals surface area (Å²) in [7, 11) is 0. The summed E-state index contributed by atoms with van der Waals surface area (Å²) >= 11 is 1.81. The van der Waals surface area contributed by atoms with Crippen molar-refractivity contribution in [2.24, 2.45) is 0 Å². The molecule has 0 saturated carbocycles. The number of rotatable bonds is 2. The van der Waals surface area contributed by atoms with E-state index in [1.54, 1.807) is 0 Å². The summed E-state index contributed by atoms with van der Waals surface area (Å²) in [5.74, 6) is 0. The van der Waals surface area contributed by atoms with E-state index in [2.05, 4.69) is 125 Å². The van der Waals surface area contributed by atoms with E-state index in [4.69, 9.17) is 11.0 Å². The van der Waals surface area contributed by atoms with Crippen molar-refractivity contribution in [2.45, 2.75) is 0 Å². The van der Waals surface area contributed by atoms with Crippen LogP contribution in [-0.2, 0) is 0 Å². The normalized spacial score (nSPS) is 11.9. The molecule has 0 saturated heterocycles. The van der Waals surface area contributed by atoms with E-state index in [0.29, 0.717) is 11.3 Å². The van der Waals surface area contributed by atoms with E-state index in [-0.39, 0.29) is 0 Å². The van der Waals surface area contributed by atoms with Crippen LogP contribution in [0.25, 0.3) is 85.6 Å². The van der Waals surface area contributed by atoms with Crippen molar-refractivity contribution in [3.63, 3.8) is 0 Å². The fourth-order valence-corrected chi connectivity index (χ4v) is 7.61. The molecule has 4 heteroatoms. The number of hydrogen-bond donors (Lipinski definition) is 0. The maximum atomic E-state index is 8.09. The Labute approximate surface area is 238 Å². The van der Waals surface area contributed by atoms with E-state index in [9.17, 15) is 0 Å². The highest BCUT2D eigenvalue weighted by Crippen LogP contribution is 2.45. The summed E-state index contributed by atoms with van der Waals surface area (Å²) in [6.07, 6.45) is 0. The molecule has 0 aliphatic carbocycles. The van der Waals surface area contributed by atoms with E-state index < -0.39 is 0 Å². The van der Waals surface area contributed by atoms with E-state index >= 15 is 0 Å². The Balaban J connectivity index is 1.37. The molecule has 3 nitrogen and oxygen atoms in total. The molecule has 0 unspecified atom stereocenters. The average molecular weight is 541 g/mol. The van der Waals surface area contributed by atoms with Crippen molar-refractivity contribution < 1.29 is 4.42 Å². The standard InChI is InChI=1S/C37H20N2OS/c1-38-29-21-22(23-13-9-19-34-35(23)27-12-4-7-18-33(27)41-34)20-28-26-14-8-17-32(37(26)40-36(28)29)39-30-15-5-2-10-24(30)25-11-3-6-16-31(25)39/h2-21H. The molecule has 6 aromatic carbocycles. The molecule has 3 heterocycles. The minimum atomic E-state index is 0.526. The molecule has 0 N–H and O–H groups in total. The Morgan fingerprint density at radius 2 is 1.24 bits per heavy atom. The third kappa shape index (κ3) is 3.07. The first-order valence-electron chi connectivity index (χ1n) is 13.6. The lowest BCUT2D eigenvalue weighted by atomic mass is 9.97. The summed E-state index contributed by atoms with van der Waals surface area (Å²) in [5.41, 5.74) is 7.34. The molecule has 3 aromatic heterocycles. The predicted octanol–water partition coefficient (Wildman–Crippen LogP) is 11.3. The Morgan fingerprint density at radius 1 is 0.585 bits per heavy atom. The fraction of sp³-hybridized carbons (Fsp3) is 0. The quantitative estimate of drug-likeness (QED) is 0.200. The Kier molecular flexibility index (Phi) is 4.55. The van der Waals surface area contributed by atoms with Crippen LogP contribution in [0.15, 0.2) is 126 Å². The minimum absolute atomic E-state index is 0.526. The van der Waals surface area contributed by atoms with Crippen LogP contribution in [0.5, 0.6) is 0 Å². The molecular weight excluding hydrogens is 520 g/mol. The van der Waals surface area contributed by atoms with Gasteiger partial charge in [-0.05, 0) is 53.6 Å². The highest BCUT2D eigenvalue weighted by molar-refractivity contribution is 7.25. The van der Waals surface area contributed by atoms with Crippen LogP contribution < -0.4 is 0 Å². The van der Waals surface area contributed by atoms with Crippen molar-refractivity contribution in [3.8, 4) is 16.8 Å². The second kappa shape index (κ2) is 8.32. The van der Waals surface area contributed by atoms with Gasteiger partial charge in [-0.3, -0.25) is 0 Å². The zero-order valence-electron chi connectivity index (χ0n) is 21.8. The molecule has 41 heavy (non-hydrogen) atoms. The number of hydrogen-bond acceptors (Lipinski definition) is 2. The molecule has 0 spiro atoms. The molecule has 0 aliphatic heterocycles. The van der Waals surface area contributed by atoms with Crippen LogP contribution >= 0.6 is 11.3 Å². The number of fused-ring (bicyclic) bond motifs is 9. The number of thiophene rings is 1. The van der Waals surface area contributed by atoms with Gasteiger partial charge in [0, 0.05) is 41.7 Å². The van der Waals surface area contributed by atoms with Gasteiger partial charge >= 0.3 is 0 Å². The van der Waals surface area contributed by atoms with E-state index in [1.807, 2.05) is 17.4 Å². The van der Waals surface area contributed by atoms with Gasteiger partial charge in [-0.1, -0.05) is 78.9 Å². The second-order valence-corrected chi connectivity index (χ2v) is 11.5. The molecular formula is C37H20N2OS. The lowest BCUT2D eigenvalue weighted by Gasteiger charge is -2.08. The summed E-state index contributed by atoms with van der Waals surface area (Å²) in [4.78, 5) is 3.95. The first-order chi connectivity index (χ1) is 20.3. The van der Waals surface area contributed by atoms with E-state index in [0.717, 1.165) is 44.2 Å². The Bertz CT molecular complexity index is 2500. The van der Waals surface area contributed by atoms with Gasteiger partial charge in [0.15, 0.2) is 5.58 Å². The van der Waals surface area contributed by atoms with Crippen LogP contribution in [0.1, 0.15) is 0 Å². The maximum absolute atomic E-state index is 8.09. The van der Waals surface area contributed by atoms with Crippen LogP contribution in [-0.4, -0.2) is 4.57 Å². The third-order valence-electron chi connectivity index (χ3n) is 8.21. The first-order valence-corrected chi connectivity index (χ1v) is 14.4. The Morgan fingerprint density at radius 3 is 2.02 bits per heavy atom. The lowest BCUT2D eigenvalue weighted by molar-refractivity contribution is 0.668. The zero-order valence-corrected chi connectivity index (χ0v) is 22.6. The van der Waals surface area contributed by atoms with E-state index in [1.165, 1.54) is 30.9 Å². The van der Waals surface area contributed by atoms with Gasteiger partial charge in [-0.15, -0.1) is 11.3 Å². The number of aromatic nitrogens is 1. The largest absolute Gasteiger partial charge is 0.465 e. The molecule has 0 amide bonds. The summed E-state index contributed by atoms with van der Waals surface area (Å²) in [5, 5.41) is 6.87. The monoisotopic (exact) mass is 540 g/mol. The molecule has 9 aromatic rings. The molecule has 190 valence electrons. The van der Waals surface area contributed by atoms with Crippen molar-refractivity contribution in [1.82, 2.24) is 4.57 Å². The molecule has 0 aliphatic rings. The number of para-hydroxylation sites is 3. The van der Waals surface area contributed by atoms with Gasteiger partial charge < -0.3 is 8.98 Å². The van der Waals surface area contributed by atoms with Gasteiger partial charge in [-0.25, -0.2) is 4.85 Å². The highest BCUT2D eigenvalue weighted by Gasteiger charge is 2.20. The molecule has 0 bridgehead atoms. The molecule has 0 atom stereocenters. The fourth-order valence-electron chi connectivity index (χ4n) is 6.48. The van der Waals surface area contributed by atoms with Gasteiger partial charge in [0.2, 0.25) is 5.69 Å². The molecule has 0 fully saturated rings. The van der Waals surface area contributed by atoms with Crippen LogP contribution in [0.2, 0.25) is 0 Å². The van der Waals surface area contributed by atoms with Crippen LogP contribution in [0.4, 0.5) is 5.69 Å². The molecule has 0 radical (unpaired) electrons. The average Bonchev–Trinajstić information content (AvgIpc) is 3.70. The van der Waals surface area contributed by atoms with Crippen molar-refractivity contribution in [3.05, 3.63) is 133 Å². The Hall–Kier alpha value is -5.37. The van der Waals surface area contributed by atoms with Gasteiger partial charge in [0.05, 0.1) is 23.3 Å². The number of furan rings is 1. The number of nitrogens with zero attached hydrogens (tertiary/aromatic N) is 2. The van der Waals surface area contributed by atoms with Crippen molar-refractivity contribution in [2.75, 3.05) is 0 Å². The zero-order chi connectivity index (χ0) is 27.1. The highest BCUT2D eigenvalue weighted by atomic mass is 32.1. The van der Waals surface area contributed by atoms with Crippen LogP contribution in [0, 0.1) is 6.57 Å². The van der Waals surface area contributed by atoms with Gasteiger partial charge in [0.1, 0.15) is 5.58 Å². The second-order valence-electron chi connectivity index (χ2n) is 10.4. The third-order valence-corrected chi connectivity index (χ3v) is 9.35. The van der Waals surface area contributed by atoms with Gasteiger partial charge in [-0.2, -0.15) is 0 Å². The summed E-state index contributed by atoms with van der Waals surface area (Å²) in [6, 6.07) is 42.5. The molecule has 9 rings (SSSR count). The first kappa shape index (κ1) is 22.4. The summed E-state index contributed by atoms with van der Waals surface area (Å²) < 4.78 is 11.4. The minimum Gasteiger partial charge on any atom is -0.465 e. The van der Waals surface area contributed by atoms with Crippen molar-refractivity contribution in [1.29, 1.82) is 0 Å². The van der Waals surface area contributed by atoms with Crippen LogP contribution in [0.3, 0.4) is 0 Å². The summed E-state index contributed by atoms with van der Waals surface area (Å²) in [6.45, 7) is 8.09. The SMILES string of the molecule is [C-]#[N+]c1cc(-c2cccc3sc4ccccc4c23)cc2c1oc1c(-n3c4ccccc4c4ccccc43)cccc12. The van der Waals surface area contributed by atoms with Crippen molar-refractivity contribution >= 4 is 80.9 Å². The maximum Gasteiger partial charge on any atom is 0.230 e. The van der Waals surface area contributed by atoms with Gasteiger partial charge in [0.25, 0.3) is 0 Å². The predicted molar refractivity (Wildman–Crippen MR) is 173 cm³/mol. The lowest BCUT2D eigenvalue weighted by Crippen LogP contribution is -1.93.